The summed E-state index contributed by atoms with van der Waals surface area (Å²) < 4.78 is 38.4. The molecular weight excluding hydrogens is 447 g/mol. The highest BCUT2D eigenvalue weighted by atomic mass is 19.4. The molecular formula is C24H28F3N5O2. The number of hydrogen-bond donors (Lipinski definition) is 3. The molecule has 2 aliphatic rings. The van der Waals surface area contributed by atoms with E-state index < -0.39 is 17.6 Å². The number of nitrogen functional groups attached to an aromatic ring is 1. The van der Waals surface area contributed by atoms with Gasteiger partial charge in [-0.1, -0.05) is 6.07 Å². The first-order valence-electron chi connectivity index (χ1n) is 11.4. The van der Waals surface area contributed by atoms with Crippen LogP contribution in [0.5, 0.6) is 0 Å². The number of nitrogens with one attached hydrogen (secondary N) is 2. The zero-order valence-electron chi connectivity index (χ0n) is 18.6. The predicted molar refractivity (Wildman–Crippen MR) is 121 cm³/mol. The van der Waals surface area contributed by atoms with Gasteiger partial charge in [0, 0.05) is 48.2 Å². The van der Waals surface area contributed by atoms with Crippen LogP contribution in [-0.2, 0) is 11.0 Å². The van der Waals surface area contributed by atoms with Crippen molar-refractivity contribution >= 4 is 17.5 Å². The summed E-state index contributed by atoms with van der Waals surface area (Å²) in [6.45, 7) is 1.21. The predicted octanol–water partition coefficient (Wildman–Crippen LogP) is 2.94. The van der Waals surface area contributed by atoms with E-state index in [-0.39, 0.29) is 24.1 Å². The summed E-state index contributed by atoms with van der Waals surface area (Å²) in [5, 5.41) is 5.25. The average Bonchev–Trinajstić information content (AvgIpc) is 2.79. The van der Waals surface area contributed by atoms with Crippen molar-refractivity contribution < 1.29 is 22.8 Å². The molecule has 182 valence electrons. The zero-order valence-corrected chi connectivity index (χ0v) is 18.6. The van der Waals surface area contributed by atoms with Gasteiger partial charge in [-0.15, -0.1) is 0 Å². The second-order valence-electron chi connectivity index (χ2n) is 9.00. The Morgan fingerprint density at radius 2 is 1.82 bits per heavy atom. The van der Waals surface area contributed by atoms with E-state index in [1.54, 1.807) is 12.3 Å². The molecule has 2 amide bonds. The summed E-state index contributed by atoms with van der Waals surface area (Å²) in [5.41, 5.74) is 6.62. The Hall–Kier alpha value is -3.14. The number of benzene rings is 1. The maximum atomic E-state index is 12.8. The van der Waals surface area contributed by atoms with Crippen LogP contribution in [-0.4, -0.2) is 53.4 Å². The Morgan fingerprint density at radius 1 is 1.09 bits per heavy atom. The van der Waals surface area contributed by atoms with E-state index in [1.807, 2.05) is 6.07 Å². The molecule has 34 heavy (non-hydrogen) atoms. The van der Waals surface area contributed by atoms with Crippen molar-refractivity contribution in [2.24, 2.45) is 0 Å². The molecule has 0 bridgehead atoms. The third-order valence-electron chi connectivity index (χ3n) is 6.57. The van der Waals surface area contributed by atoms with Crippen LogP contribution >= 0.6 is 0 Å². The fraction of sp³-hybridized carbons (Fsp3) is 0.458. The molecule has 1 saturated carbocycles. The summed E-state index contributed by atoms with van der Waals surface area (Å²) in [6.07, 6.45) is 1.45. The number of aromatic nitrogens is 1. The minimum Gasteiger partial charge on any atom is -0.399 e. The lowest BCUT2D eigenvalue weighted by Gasteiger charge is -2.46. The first-order valence-corrected chi connectivity index (χ1v) is 11.4. The number of alkyl halides is 3. The quantitative estimate of drug-likeness (QED) is 0.597. The van der Waals surface area contributed by atoms with Crippen molar-refractivity contribution in [1.29, 1.82) is 0 Å². The van der Waals surface area contributed by atoms with Gasteiger partial charge in [0.05, 0.1) is 18.2 Å². The highest BCUT2D eigenvalue weighted by Gasteiger charge is 2.36. The molecule has 2 fully saturated rings. The van der Waals surface area contributed by atoms with Gasteiger partial charge >= 0.3 is 6.18 Å². The first-order chi connectivity index (χ1) is 16.2. The summed E-state index contributed by atoms with van der Waals surface area (Å²) >= 11 is 0. The number of carbonyl (C=O) groups is 2. The summed E-state index contributed by atoms with van der Waals surface area (Å²) in [7, 11) is 0. The Balaban J connectivity index is 1.16. The molecule has 2 heterocycles. The molecule has 1 aliphatic heterocycles. The van der Waals surface area contributed by atoms with Gasteiger partial charge < -0.3 is 16.4 Å². The number of hydrogen-bond acceptors (Lipinski definition) is 5. The Morgan fingerprint density at radius 3 is 2.50 bits per heavy atom. The normalized spacial score (nSPS) is 21.5. The smallest absolute Gasteiger partial charge is 0.399 e. The van der Waals surface area contributed by atoms with Crippen molar-refractivity contribution in [2.45, 2.75) is 49.9 Å². The summed E-state index contributed by atoms with van der Waals surface area (Å²) in [4.78, 5) is 31.1. The topological polar surface area (TPSA) is 100 Å². The lowest BCUT2D eigenvalue weighted by molar-refractivity contribution is -0.137. The first kappa shape index (κ1) is 24.0. The van der Waals surface area contributed by atoms with Gasteiger partial charge in [0.25, 0.3) is 5.91 Å². The monoisotopic (exact) mass is 475 g/mol. The number of pyridine rings is 1. The third-order valence-corrected chi connectivity index (χ3v) is 6.57. The SMILES string of the molecule is Nc1ccnc([C@H]2CC[C@@H](N3CC(NC(=O)CNC(=O)c4cccc(C(F)(F)F)c4)C3)CC2)c1. The molecule has 4 N–H and O–H groups in total. The van der Waals surface area contributed by atoms with E-state index in [0.29, 0.717) is 12.0 Å². The molecule has 2 aromatic rings. The van der Waals surface area contributed by atoms with Gasteiger partial charge in [0.2, 0.25) is 5.91 Å². The van der Waals surface area contributed by atoms with Gasteiger partial charge in [-0.3, -0.25) is 19.5 Å². The molecule has 7 nitrogen and oxygen atoms in total. The van der Waals surface area contributed by atoms with Crippen molar-refractivity contribution in [1.82, 2.24) is 20.5 Å². The fourth-order valence-corrected chi connectivity index (χ4v) is 4.71. The van der Waals surface area contributed by atoms with Crippen molar-refractivity contribution in [3.8, 4) is 0 Å². The summed E-state index contributed by atoms with van der Waals surface area (Å²) in [5.74, 6) is -0.652. The van der Waals surface area contributed by atoms with E-state index in [1.165, 1.54) is 12.1 Å². The van der Waals surface area contributed by atoms with Gasteiger partial charge in [0.1, 0.15) is 0 Å². The second-order valence-corrected chi connectivity index (χ2v) is 9.00. The van der Waals surface area contributed by atoms with Crippen LogP contribution in [0.25, 0.3) is 0 Å². The van der Waals surface area contributed by atoms with Crippen LogP contribution in [0.4, 0.5) is 18.9 Å². The van der Waals surface area contributed by atoms with E-state index in [2.05, 4.69) is 20.5 Å². The molecule has 1 saturated heterocycles. The number of nitrogens with two attached hydrogens (primary N) is 1. The van der Waals surface area contributed by atoms with Gasteiger partial charge in [-0.05, 0) is 56.0 Å². The van der Waals surface area contributed by atoms with Gasteiger partial charge in [-0.2, -0.15) is 13.2 Å². The van der Waals surface area contributed by atoms with Crippen LogP contribution in [0.3, 0.4) is 0 Å². The molecule has 1 aliphatic carbocycles. The standard InChI is InChI=1S/C24H28F3N5O2/c25-24(26,27)17-3-1-2-16(10-17)23(34)30-12-22(33)31-19-13-32(14-19)20-6-4-15(5-7-20)21-11-18(28)8-9-29-21/h1-3,8-11,15,19-20H,4-7,12-14H2,(H2,28,29)(H,30,34)(H,31,33)/t15-,20+. The maximum absolute atomic E-state index is 12.8. The molecule has 0 atom stereocenters. The van der Waals surface area contributed by atoms with Crippen LogP contribution in [0.2, 0.25) is 0 Å². The number of likely N-dealkylation sites (tertiary alicyclic amines) is 1. The van der Waals surface area contributed by atoms with Crippen molar-refractivity contribution in [3.63, 3.8) is 0 Å². The lowest BCUT2D eigenvalue weighted by atomic mass is 9.82. The number of amides is 2. The lowest BCUT2D eigenvalue weighted by Crippen LogP contribution is -2.63. The Bertz CT molecular complexity index is 1030. The number of nitrogens with zero attached hydrogens (tertiary/aromatic N) is 2. The molecule has 0 unspecified atom stereocenters. The minimum atomic E-state index is -4.53. The third kappa shape index (κ3) is 5.85. The van der Waals surface area contributed by atoms with Crippen molar-refractivity contribution in [2.75, 3.05) is 25.4 Å². The number of anilines is 1. The maximum Gasteiger partial charge on any atom is 0.416 e. The van der Waals surface area contributed by atoms with Gasteiger partial charge in [0.15, 0.2) is 0 Å². The van der Waals surface area contributed by atoms with Crippen LogP contribution in [0.15, 0.2) is 42.6 Å². The molecule has 1 aromatic heterocycles. The van der Waals surface area contributed by atoms with E-state index in [4.69, 9.17) is 5.73 Å². The summed E-state index contributed by atoms with van der Waals surface area (Å²) in [6, 6.07) is 8.34. The van der Waals surface area contributed by atoms with Crippen LogP contribution < -0.4 is 16.4 Å². The Labute approximate surface area is 195 Å². The van der Waals surface area contributed by atoms with Gasteiger partial charge in [-0.25, -0.2) is 0 Å². The average molecular weight is 476 g/mol. The largest absolute Gasteiger partial charge is 0.416 e. The van der Waals surface area contributed by atoms with Crippen LogP contribution in [0.1, 0.15) is 53.2 Å². The fourth-order valence-electron chi connectivity index (χ4n) is 4.71. The molecule has 0 spiro atoms. The molecule has 1 aromatic carbocycles. The second kappa shape index (κ2) is 10.0. The molecule has 0 radical (unpaired) electrons. The zero-order chi connectivity index (χ0) is 24.3. The molecule has 4 rings (SSSR count). The van der Waals surface area contributed by atoms with E-state index in [0.717, 1.165) is 62.3 Å². The minimum absolute atomic E-state index is 0.00581. The van der Waals surface area contributed by atoms with Crippen molar-refractivity contribution in [3.05, 3.63) is 59.4 Å². The van der Waals surface area contributed by atoms with E-state index in [9.17, 15) is 22.8 Å². The highest BCUT2D eigenvalue weighted by molar-refractivity contribution is 5.96. The highest BCUT2D eigenvalue weighted by Crippen LogP contribution is 2.35. The number of halogens is 3. The Kier molecular flexibility index (Phi) is 7.06. The van der Waals surface area contributed by atoms with Crippen LogP contribution in [0, 0.1) is 0 Å². The molecule has 10 heteroatoms. The number of rotatable bonds is 6. The number of carbonyl (C=O) groups excluding carboxylic acids is 2. The van der Waals surface area contributed by atoms with E-state index >= 15 is 0 Å².